The third-order valence-electron chi connectivity index (χ3n) is 7.95. The minimum absolute atomic E-state index is 0.0154. The molecular formula is C31H29ClF3N5O4. The van der Waals surface area contributed by atoms with Crippen molar-refractivity contribution in [1.29, 1.82) is 0 Å². The number of hydrogen-bond donors (Lipinski definition) is 3. The molecule has 2 aromatic carbocycles. The summed E-state index contributed by atoms with van der Waals surface area (Å²) in [4.78, 5) is 29.8. The quantitative estimate of drug-likeness (QED) is 0.202. The van der Waals surface area contributed by atoms with E-state index in [9.17, 15) is 23.5 Å². The third-order valence-corrected chi connectivity index (χ3v) is 8.23. The zero-order valence-corrected chi connectivity index (χ0v) is 24.4. The van der Waals surface area contributed by atoms with Gasteiger partial charge >= 0.3 is 0 Å². The van der Waals surface area contributed by atoms with Gasteiger partial charge in [-0.1, -0.05) is 11.6 Å². The predicted molar refractivity (Wildman–Crippen MR) is 156 cm³/mol. The number of carbonyl (C=O) groups is 2. The molecule has 0 bridgehead atoms. The van der Waals surface area contributed by atoms with Crippen molar-refractivity contribution in [2.75, 3.05) is 13.2 Å². The number of aromatic nitrogens is 3. The standard InChI is InChI=1S/C31H29ClF3N5O4/c1-2-44-29-15(10-26(36)41)9-25(38-28(29)20-11-23(34)24(35)12-22(20)33)31(43,18-3-4-18)14-37-30(42)16-7-17-13-40(19-5-6-19)39-27(17)21(32)8-16/h7-9,11-13,18-19,43H,2-6,10,14H2,1H3,(H2,36,41)(H,37,42)/t31-/m1/s1. The molecule has 0 spiro atoms. The molecule has 4 aromatic rings. The number of hydrogen-bond acceptors (Lipinski definition) is 6. The molecule has 0 radical (unpaired) electrons. The van der Waals surface area contributed by atoms with Crippen molar-refractivity contribution in [3.63, 3.8) is 0 Å². The summed E-state index contributed by atoms with van der Waals surface area (Å²) in [6.07, 6.45) is 4.73. The van der Waals surface area contributed by atoms with Crippen LogP contribution in [-0.2, 0) is 16.8 Å². The molecule has 2 fully saturated rings. The monoisotopic (exact) mass is 627 g/mol. The minimum atomic E-state index is -1.78. The molecule has 0 aliphatic heterocycles. The van der Waals surface area contributed by atoms with Crippen LogP contribution in [0.3, 0.4) is 0 Å². The third kappa shape index (κ3) is 5.71. The fourth-order valence-electron chi connectivity index (χ4n) is 5.41. The summed E-state index contributed by atoms with van der Waals surface area (Å²) < 4.78 is 50.7. The molecule has 2 amide bonds. The number of amides is 2. The molecule has 9 nitrogen and oxygen atoms in total. The molecule has 2 aromatic heterocycles. The van der Waals surface area contributed by atoms with Gasteiger partial charge in [0, 0.05) is 34.3 Å². The highest BCUT2D eigenvalue weighted by atomic mass is 35.5. The summed E-state index contributed by atoms with van der Waals surface area (Å²) >= 11 is 6.45. The fraction of sp³-hybridized carbons (Fsp3) is 0.355. The lowest BCUT2D eigenvalue weighted by Crippen LogP contribution is -2.43. The van der Waals surface area contributed by atoms with Crippen molar-refractivity contribution in [1.82, 2.24) is 20.1 Å². The van der Waals surface area contributed by atoms with Crippen LogP contribution in [0.1, 0.15) is 60.3 Å². The van der Waals surface area contributed by atoms with Gasteiger partial charge in [-0.15, -0.1) is 0 Å². The van der Waals surface area contributed by atoms with Gasteiger partial charge in [0.05, 0.1) is 36.3 Å². The van der Waals surface area contributed by atoms with Crippen LogP contribution in [0.2, 0.25) is 5.02 Å². The molecule has 2 heterocycles. The minimum Gasteiger partial charge on any atom is -0.491 e. The molecule has 0 saturated heterocycles. The average Bonchev–Trinajstić information content (AvgIpc) is 3.91. The van der Waals surface area contributed by atoms with Crippen molar-refractivity contribution >= 4 is 34.3 Å². The van der Waals surface area contributed by atoms with Crippen molar-refractivity contribution < 1.29 is 32.6 Å². The molecule has 44 heavy (non-hydrogen) atoms. The van der Waals surface area contributed by atoms with Crippen LogP contribution in [0.15, 0.2) is 36.5 Å². The first-order chi connectivity index (χ1) is 21.0. The molecule has 4 N–H and O–H groups in total. The second-order valence-electron chi connectivity index (χ2n) is 11.3. The van der Waals surface area contributed by atoms with Crippen LogP contribution in [0, 0.1) is 23.4 Å². The summed E-state index contributed by atoms with van der Waals surface area (Å²) in [5.41, 5.74) is 4.03. The van der Waals surface area contributed by atoms with Crippen LogP contribution in [0.4, 0.5) is 13.2 Å². The van der Waals surface area contributed by atoms with Crippen LogP contribution < -0.4 is 15.8 Å². The topological polar surface area (TPSA) is 132 Å². The zero-order chi connectivity index (χ0) is 31.3. The normalized spacial score (nSPS) is 16.1. The lowest BCUT2D eigenvalue weighted by molar-refractivity contribution is -0.117. The maximum atomic E-state index is 15.0. The molecule has 0 unspecified atom stereocenters. The fourth-order valence-corrected chi connectivity index (χ4v) is 5.67. The summed E-state index contributed by atoms with van der Waals surface area (Å²) in [6.45, 7) is 1.41. The largest absolute Gasteiger partial charge is 0.491 e. The van der Waals surface area contributed by atoms with E-state index in [1.54, 1.807) is 13.0 Å². The van der Waals surface area contributed by atoms with E-state index in [0.29, 0.717) is 46.9 Å². The number of nitrogens with zero attached hydrogens (tertiary/aromatic N) is 3. The summed E-state index contributed by atoms with van der Waals surface area (Å²) in [5, 5.41) is 20.3. The number of nitrogens with two attached hydrogens (primary N) is 1. The molecule has 1 atom stereocenters. The Hall–Kier alpha value is -4.16. The number of nitrogens with one attached hydrogen (secondary N) is 1. The van der Waals surface area contributed by atoms with E-state index < -0.39 is 40.4 Å². The van der Waals surface area contributed by atoms with Crippen molar-refractivity contribution in [2.45, 2.75) is 50.7 Å². The highest BCUT2D eigenvalue weighted by molar-refractivity contribution is 6.35. The number of benzene rings is 2. The van der Waals surface area contributed by atoms with E-state index in [0.717, 1.165) is 12.8 Å². The summed E-state index contributed by atoms with van der Waals surface area (Å²) in [6, 6.07) is 5.93. The molecule has 2 aliphatic rings. The number of ether oxygens (including phenoxy) is 1. The number of aliphatic hydroxyl groups is 1. The van der Waals surface area contributed by atoms with Crippen LogP contribution in [-0.4, -0.2) is 44.8 Å². The first kappa shape index (κ1) is 29.9. The Labute approximate surface area is 255 Å². The number of fused-ring (bicyclic) bond motifs is 1. The highest BCUT2D eigenvalue weighted by Crippen LogP contribution is 2.47. The smallest absolute Gasteiger partial charge is 0.251 e. The van der Waals surface area contributed by atoms with Crippen LogP contribution in [0.5, 0.6) is 5.75 Å². The van der Waals surface area contributed by atoms with Gasteiger partial charge in [-0.3, -0.25) is 14.3 Å². The Morgan fingerprint density at radius 2 is 1.84 bits per heavy atom. The Kier molecular flexibility index (Phi) is 7.75. The SMILES string of the molecule is CCOc1c(CC(N)=O)cc([C@@](O)(CNC(=O)c2cc(Cl)c3nn(C4CC4)cc3c2)C2CC2)nc1-c1cc(F)c(F)cc1F. The summed E-state index contributed by atoms with van der Waals surface area (Å²) in [7, 11) is 0. The van der Waals surface area contributed by atoms with Gasteiger partial charge in [0.1, 0.15) is 28.4 Å². The lowest BCUT2D eigenvalue weighted by atomic mass is 9.90. The molecule has 2 saturated carbocycles. The number of pyridine rings is 1. The molecular weight excluding hydrogens is 599 g/mol. The lowest BCUT2D eigenvalue weighted by Gasteiger charge is -2.30. The Bertz CT molecular complexity index is 1810. The maximum absolute atomic E-state index is 15.0. The van der Waals surface area contributed by atoms with Gasteiger partial charge < -0.3 is 20.9 Å². The van der Waals surface area contributed by atoms with Gasteiger partial charge in [-0.05, 0) is 62.8 Å². The van der Waals surface area contributed by atoms with Gasteiger partial charge in [0.15, 0.2) is 11.6 Å². The first-order valence-corrected chi connectivity index (χ1v) is 14.7. The van der Waals surface area contributed by atoms with Crippen molar-refractivity contribution in [3.8, 4) is 17.0 Å². The van der Waals surface area contributed by atoms with Crippen molar-refractivity contribution in [3.05, 3.63) is 75.8 Å². The second kappa shape index (κ2) is 11.4. The van der Waals surface area contributed by atoms with Gasteiger partial charge in [-0.2, -0.15) is 5.10 Å². The van der Waals surface area contributed by atoms with E-state index in [2.05, 4.69) is 15.4 Å². The highest BCUT2D eigenvalue weighted by Gasteiger charge is 2.47. The van der Waals surface area contributed by atoms with Gasteiger partial charge in [0.25, 0.3) is 5.91 Å². The number of halogens is 4. The second-order valence-corrected chi connectivity index (χ2v) is 11.7. The number of rotatable bonds is 11. The average molecular weight is 628 g/mol. The van der Waals surface area contributed by atoms with E-state index >= 15 is 4.39 Å². The maximum Gasteiger partial charge on any atom is 0.251 e. The first-order valence-electron chi connectivity index (χ1n) is 14.3. The Morgan fingerprint density at radius 3 is 2.50 bits per heavy atom. The van der Waals surface area contributed by atoms with E-state index in [4.69, 9.17) is 22.1 Å². The molecule has 2 aliphatic carbocycles. The molecule has 230 valence electrons. The van der Waals surface area contributed by atoms with Gasteiger partial charge in [0.2, 0.25) is 5.91 Å². The molecule has 6 rings (SSSR count). The number of carbonyl (C=O) groups excluding carboxylic acids is 2. The summed E-state index contributed by atoms with van der Waals surface area (Å²) in [5.74, 6) is -5.51. The van der Waals surface area contributed by atoms with Crippen molar-refractivity contribution in [2.24, 2.45) is 11.7 Å². The Balaban J connectivity index is 1.38. The predicted octanol–water partition coefficient (Wildman–Crippen LogP) is 4.96. The van der Waals surface area contributed by atoms with Crippen LogP contribution in [0.25, 0.3) is 22.2 Å². The van der Waals surface area contributed by atoms with E-state index in [1.165, 1.54) is 12.1 Å². The zero-order valence-electron chi connectivity index (χ0n) is 23.7. The molecule has 13 heteroatoms. The van der Waals surface area contributed by atoms with E-state index in [-0.39, 0.29) is 53.8 Å². The van der Waals surface area contributed by atoms with E-state index in [1.807, 2.05) is 10.9 Å². The van der Waals surface area contributed by atoms with Crippen LogP contribution >= 0.6 is 11.6 Å². The number of primary amides is 1. The Morgan fingerprint density at radius 1 is 1.11 bits per heavy atom. The van der Waals surface area contributed by atoms with Gasteiger partial charge in [-0.25, -0.2) is 18.2 Å².